The molecule has 0 radical (unpaired) electrons. The predicted octanol–water partition coefficient (Wildman–Crippen LogP) is -2.47. The number of rotatable bonds is 11. The van der Waals surface area contributed by atoms with Gasteiger partial charge in [-0.05, 0) is 11.6 Å². The van der Waals surface area contributed by atoms with Crippen LogP contribution in [0.4, 0.5) is 0 Å². The summed E-state index contributed by atoms with van der Waals surface area (Å²) in [5.74, 6) is -0.683. The Morgan fingerprint density at radius 2 is 1.75 bits per heavy atom. The molecular formula is C21H30O11. The number of hydrogen-bond donors (Lipinski definition) is 7. The third-order valence-electron chi connectivity index (χ3n) is 4.92. The minimum Gasteiger partial charge on any atom is -0.460 e. The fourth-order valence-corrected chi connectivity index (χ4v) is 2.97. The van der Waals surface area contributed by atoms with E-state index in [2.05, 4.69) is 0 Å². The number of aliphatic hydroxyl groups is 7. The van der Waals surface area contributed by atoms with Gasteiger partial charge in [-0.25, -0.2) is 4.79 Å². The van der Waals surface area contributed by atoms with Gasteiger partial charge in [0.25, 0.3) is 0 Å². The summed E-state index contributed by atoms with van der Waals surface area (Å²) in [7, 11) is 0. The molecular weight excluding hydrogens is 428 g/mol. The van der Waals surface area contributed by atoms with Crippen LogP contribution in [0.5, 0.6) is 0 Å². The summed E-state index contributed by atoms with van der Waals surface area (Å²) >= 11 is 0. The van der Waals surface area contributed by atoms with Crippen molar-refractivity contribution in [2.75, 3.05) is 19.8 Å². The van der Waals surface area contributed by atoms with E-state index in [0.29, 0.717) is 0 Å². The maximum absolute atomic E-state index is 11.9. The van der Waals surface area contributed by atoms with Gasteiger partial charge in [-0.15, -0.1) is 0 Å². The fourth-order valence-electron chi connectivity index (χ4n) is 2.97. The van der Waals surface area contributed by atoms with Crippen molar-refractivity contribution in [3.63, 3.8) is 0 Å². The summed E-state index contributed by atoms with van der Waals surface area (Å²) in [6.07, 6.45) is -9.16. The number of benzene rings is 1. The van der Waals surface area contributed by atoms with Gasteiger partial charge in [0.15, 0.2) is 6.29 Å². The van der Waals surface area contributed by atoms with Gasteiger partial charge in [0.2, 0.25) is 0 Å². The highest BCUT2D eigenvalue weighted by molar-refractivity contribution is 5.87. The van der Waals surface area contributed by atoms with Gasteiger partial charge in [-0.3, -0.25) is 0 Å². The normalized spacial score (nSPS) is 27.6. The summed E-state index contributed by atoms with van der Waals surface area (Å²) in [4.78, 5) is 11.9. The molecule has 180 valence electrons. The summed E-state index contributed by atoms with van der Waals surface area (Å²) in [6, 6.07) is 9.05. The van der Waals surface area contributed by atoms with E-state index in [-0.39, 0.29) is 13.0 Å². The minimum atomic E-state index is -1.82. The molecule has 11 nitrogen and oxygen atoms in total. The number of hydrogen-bond acceptors (Lipinski definition) is 11. The van der Waals surface area contributed by atoms with Crippen molar-refractivity contribution in [2.24, 2.45) is 0 Å². The standard InChI is InChI=1S/C21H30O11/c22-9-14(24)20(28)21(29)15(25)10-31-18-8-13(23)19(27)16(32-18)11-30-17(26)7-6-12-4-2-1-3-5-12/h1-7,13-16,18-25,27-29H,8-11H2/b7-6+. The lowest BCUT2D eigenvalue weighted by Gasteiger charge is -2.37. The molecule has 7 N–H and O–H groups in total. The molecule has 32 heavy (non-hydrogen) atoms. The molecule has 0 amide bonds. The first-order valence-corrected chi connectivity index (χ1v) is 10.1. The van der Waals surface area contributed by atoms with Crippen LogP contribution < -0.4 is 0 Å². The lowest BCUT2D eigenvalue weighted by atomic mass is 10.0. The second-order valence-corrected chi connectivity index (χ2v) is 7.40. The van der Waals surface area contributed by atoms with E-state index in [9.17, 15) is 35.4 Å². The molecule has 8 unspecified atom stereocenters. The third-order valence-corrected chi connectivity index (χ3v) is 4.92. The molecule has 2 rings (SSSR count). The maximum Gasteiger partial charge on any atom is 0.330 e. The van der Waals surface area contributed by atoms with Crippen LogP contribution in [0, 0.1) is 0 Å². The lowest BCUT2D eigenvalue weighted by Crippen LogP contribution is -2.52. The molecule has 0 spiro atoms. The van der Waals surface area contributed by atoms with Gasteiger partial charge < -0.3 is 50.0 Å². The number of aliphatic hydroxyl groups excluding tert-OH is 7. The minimum absolute atomic E-state index is 0.163. The summed E-state index contributed by atoms with van der Waals surface area (Å²) in [6.45, 7) is -1.73. The molecule has 1 fully saturated rings. The molecule has 1 aromatic carbocycles. The van der Waals surface area contributed by atoms with E-state index < -0.39 is 68.2 Å². The molecule has 1 aliphatic heterocycles. The first-order valence-electron chi connectivity index (χ1n) is 10.1. The Morgan fingerprint density at radius 3 is 2.41 bits per heavy atom. The van der Waals surface area contributed by atoms with Crippen LogP contribution in [0.15, 0.2) is 36.4 Å². The number of ether oxygens (including phenoxy) is 3. The zero-order chi connectivity index (χ0) is 23.7. The van der Waals surface area contributed by atoms with Gasteiger partial charge in [-0.2, -0.15) is 0 Å². The van der Waals surface area contributed by atoms with Crippen LogP contribution in [-0.2, 0) is 19.0 Å². The second kappa shape index (κ2) is 12.9. The highest BCUT2D eigenvalue weighted by atomic mass is 16.7. The monoisotopic (exact) mass is 458 g/mol. The van der Waals surface area contributed by atoms with Crippen molar-refractivity contribution in [1.82, 2.24) is 0 Å². The predicted molar refractivity (Wildman–Crippen MR) is 109 cm³/mol. The van der Waals surface area contributed by atoms with Crippen molar-refractivity contribution in [2.45, 2.75) is 55.4 Å². The van der Waals surface area contributed by atoms with Gasteiger partial charge in [0.05, 0.1) is 19.3 Å². The Kier molecular flexibility index (Phi) is 10.6. The SMILES string of the molecule is O=C(/C=C/c1ccccc1)OCC1OC(OCC(O)C(O)C(O)C(O)CO)CC(O)C1O. The van der Waals surface area contributed by atoms with Crippen molar-refractivity contribution < 1.29 is 54.8 Å². The van der Waals surface area contributed by atoms with Gasteiger partial charge in [0, 0.05) is 12.5 Å². The van der Waals surface area contributed by atoms with Crippen LogP contribution in [0.3, 0.4) is 0 Å². The van der Waals surface area contributed by atoms with E-state index >= 15 is 0 Å². The van der Waals surface area contributed by atoms with Crippen molar-refractivity contribution in [3.8, 4) is 0 Å². The topological polar surface area (TPSA) is 186 Å². The van der Waals surface area contributed by atoms with E-state index in [1.165, 1.54) is 6.08 Å². The fraction of sp³-hybridized carbons (Fsp3) is 0.571. The van der Waals surface area contributed by atoms with E-state index in [4.69, 9.17) is 19.3 Å². The zero-order valence-electron chi connectivity index (χ0n) is 17.3. The van der Waals surface area contributed by atoms with E-state index in [1.54, 1.807) is 18.2 Å². The van der Waals surface area contributed by atoms with Gasteiger partial charge in [-0.1, -0.05) is 30.3 Å². The van der Waals surface area contributed by atoms with Crippen molar-refractivity contribution in [1.29, 1.82) is 0 Å². The van der Waals surface area contributed by atoms with Gasteiger partial charge in [0.1, 0.15) is 43.2 Å². The van der Waals surface area contributed by atoms with Crippen LogP contribution in [0.25, 0.3) is 6.08 Å². The largest absolute Gasteiger partial charge is 0.460 e. The maximum atomic E-state index is 11.9. The molecule has 8 atom stereocenters. The number of esters is 1. The first kappa shape index (κ1) is 26.3. The molecule has 1 heterocycles. The highest BCUT2D eigenvalue weighted by Gasteiger charge is 2.39. The Morgan fingerprint density at radius 1 is 1.09 bits per heavy atom. The van der Waals surface area contributed by atoms with Crippen LogP contribution in [0.2, 0.25) is 0 Å². The summed E-state index contributed by atoms with van der Waals surface area (Å²) in [5.41, 5.74) is 0.791. The van der Waals surface area contributed by atoms with E-state index in [1.807, 2.05) is 18.2 Å². The smallest absolute Gasteiger partial charge is 0.330 e. The average molecular weight is 458 g/mol. The lowest BCUT2D eigenvalue weighted by molar-refractivity contribution is -0.266. The van der Waals surface area contributed by atoms with Crippen molar-refractivity contribution in [3.05, 3.63) is 42.0 Å². The summed E-state index contributed by atoms with van der Waals surface area (Å²) in [5, 5.41) is 67.5. The summed E-state index contributed by atoms with van der Waals surface area (Å²) < 4.78 is 15.8. The molecule has 1 aliphatic rings. The third kappa shape index (κ3) is 7.89. The van der Waals surface area contributed by atoms with Crippen LogP contribution in [0.1, 0.15) is 12.0 Å². The molecule has 0 aliphatic carbocycles. The Balaban J connectivity index is 1.83. The first-order chi connectivity index (χ1) is 15.2. The quantitative estimate of drug-likeness (QED) is 0.138. The average Bonchev–Trinajstić information content (AvgIpc) is 2.81. The van der Waals surface area contributed by atoms with E-state index in [0.717, 1.165) is 5.56 Å². The Labute approximate surface area is 184 Å². The zero-order valence-corrected chi connectivity index (χ0v) is 17.3. The van der Waals surface area contributed by atoms with Crippen LogP contribution in [-0.4, -0.2) is 111 Å². The molecule has 1 saturated heterocycles. The molecule has 0 bridgehead atoms. The highest BCUT2D eigenvalue weighted by Crippen LogP contribution is 2.22. The van der Waals surface area contributed by atoms with Crippen LogP contribution >= 0.6 is 0 Å². The Bertz CT molecular complexity index is 713. The molecule has 1 aromatic rings. The van der Waals surface area contributed by atoms with Gasteiger partial charge >= 0.3 is 5.97 Å². The Hall–Kier alpha value is -1.93. The number of carbonyl (C=O) groups excluding carboxylic acids is 1. The molecule has 0 saturated carbocycles. The number of carbonyl (C=O) groups is 1. The second-order valence-electron chi connectivity index (χ2n) is 7.40. The molecule has 11 heteroatoms. The molecule has 0 aromatic heterocycles. The van der Waals surface area contributed by atoms with Crippen molar-refractivity contribution >= 4 is 12.0 Å².